The quantitative estimate of drug-likeness (QED) is 0.427. The van der Waals surface area contributed by atoms with Gasteiger partial charge in [-0.15, -0.1) is 6.42 Å². The number of carbonyl (C=O) groups is 1. The molecule has 1 aromatic heterocycles. The summed E-state index contributed by atoms with van der Waals surface area (Å²) in [6, 6.07) is 13.9. The number of hydrogen-bond donors (Lipinski definition) is 2. The number of H-pyrrole nitrogens is 1. The Bertz CT molecular complexity index is 1110. The summed E-state index contributed by atoms with van der Waals surface area (Å²) in [7, 11) is 0. The minimum atomic E-state index is -0.340. The van der Waals surface area contributed by atoms with Gasteiger partial charge in [0.15, 0.2) is 5.16 Å². The number of benzene rings is 2. The molecule has 0 spiro atoms. The number of carbonyl (C=O) groups excluding carboxylic acids is 1. The van der Waals surface area contributed by atoms with E-state index in [4.69, 9.17) is 6.42 Å². The average molecular weight is 361 g/mol. The van der Waals surface area contributed by atoms with Gasteiger partial charge < -0.3 is 10.3 Å². The molecule has 0 bridgehead atoms. The molecule has 1 aliphatic rings. The van der Waals surface area contributed by atoms with Crippen LogP contribution in [-0.4, -0.2) is 21.6 Å². The van der Waals surface area contributed by atoms with Crippen molar-refractivity contribution in [1.29, 1.82) is 0 Å². The summed E-state index contributed by atoms with van der Waals surface area (Å²) in [6.07, 6.45) is 5.48. The number of rotatable bonds is 3. The molecule has 0 radical (unpaired) electrons. The molecule has 2 aromatic carbocycles. The maximum Gasteiger partial charge on any atom is 0.257 e. The highest BCUT2D eigenvalue weighted by Gasteiger charge is 2.31. The molecule has 6 heteroatoms. The van der Waals surface area contributed by atoms with Crippen molar-refractivity contribution < 1.29 is 4.79 Å². The van der Waals surface area contributed by atoms with Gasteiger partial charge in [0.2, 0.25) is 5.91 Å². The van der Waals surface area contributed by atoms with Gasteiger partial charge in [0.05, 0.1) is 11.3 Å². The molecule has 0 saturated heterocycles. The third kappa shape index (κ3) is 2.87. The maximum atomic E-state index is 12.8. The fourth-order valence-electron chi connectivity index (χ4n) is 3.35. The lowest BCUT2D eigenvalue weighted by Gasteiger charge is -2.25. The van der Waals surface area contributed by atoms with Crippen molar-refractivity contribution in [3.63, 3.8) is 0 Å². The summed E-state index contributed by atoms with van der Waals surface area (Å²) < 4.78 is 0. The van der Waals surface area contributed by atoms with Crippen LogP contribution >= 0.6 is 11.8 Å². The monoisotopic (exact) mass is 361 g/mol. The lowest BCUT2D eigenvalue weighted by atomic mass is 9.84. The van der Waals surface area contributed by atoms with Crippen molar-refractivity contribution in [1.82, 2.24) is 9.97 Å². The predicted octanol–water partition coefficient (Wildman–Crippen LogP) is 3.12. The van der Waals surface area contributed by atoms with E-state index < -0.39 is 0 Å². The molecular weight excluding hydrogens is 346 g/mol. The fourth-order valence-corrected chi connectivity index (χ4v) is 3.89. The number of aromatic amines is 1. The number of nitrogens with one attached hydrogen (secondary N) is 2. The van der Waals surface area contributed by atoms with Crippen LogP contribution in [0.4, 0.5) is 5.82 Å². The molecule has 2 N–H and O–H groups in total. The van der Waals surface area contributed by atoms with Crippen molar-refractivity contribution in [2.24, 2.45) is 0 Å². The van der Waals surface area contributed by atoms with Crippen LogP contribution in [0.25, 0.3) is 10.8 Å². The van der Waals surface area contributed by atoms with Crippen LogP contribution in [0.1, 0.15) is 23.5 Å². The van der Waals surface area contributed by atoms with E-state index in [1.54, 1.807) is 0 Å². The molecule has 128 valence electrons. The Morgan fingerprint density at radius 1 is 1.19 bits per heavy atom. The zero-order chi connectivity index (χ0) is 18.1. The molecule has 5 nitrogen and oxygen atoms in total. The lowest BCUT2D eigenvalue weighted by Crippen LogP contribution is -2.31. The standard InChI is InChI=1S/C20H15N3O2S/c1-2-10-26-20-22-18-17(19(25)23-20)15(11-16(24)21-18)14-9-5-7-12-6-3-4-8-13(12)14/h1,3-9,15H,10-11H2,(H2,21,22,23,24,25)/t15-/m0/s1. The lowest BCUT2D eigenvalue weighted by molar-refractivity contribution is -0.116. The number of hydrogen-bond acceptors (Lipinski definition) is 4. The van der Waals surface area contributed by atoms with E-state index in [1.165, 1.54) is 11.8 Å². The Morgan fingerprint density at radius 2 is 2.00 bits per heavy atom. The van der Waals surface area contributed by atoms with Crippen LogP contribution < -0.4 is 10.9 Å². The third-order valence-electron chi connectivity index (χ3n) is 4.42. The van der Waals surface area contributed by atoms with Crippen LogP contribution in [0.3, 0.4) is 0 Å². The minimum absolute atomic E-state index is 0.151. The second kappa shape index (κ2) is 6.70. The molecule has 1 atom stereocenters. The van der Waals surface area contributed by atoms with E-state index in [9.17, 15) is 9.59 Å². The first kappa shape index (κ1) is 16.4. The van der Waals surface area contributed by atoms with Gasteiger partial charge in [0.25, 0.3) is 5.56 Å². The van der Waals surface area contributed by atoms with Crippen molar-refractivity contribution in [2.45, 2.75) is 17.5 Å². The molecule has 26 heavy (non-hydrogen) atoms. The van der Waals surface area contributed by atoms with E-state index in [1.807, 2.05) is 42.5 Å². The molecule has 0 fully saturated rings. The van der Waals surface area contributed by atoms with Gasteiger partial charge in [0, 0.05) is 12.3 Å². The summed E-state index contributed by atoms with van der Waals surface area (Å²) in [5, 5.41) is 5.24. The number of nitrogens with zero attached hydrogens (tertiary/aromatic N) is 1. The fraction of sp³-hybridized carbons (Fsp3) is 0.150. The van der Waals surface area contributed by atoms with E-state index in [-0.39, 0.29) is 23.8 Å². The highest BCUT2D eigenvalue weighted by molar-refractivity contribution is 7.99. The van der Waals surface area contributed by atoms with Crippen LogP contribution in [0.5, 0.6) is 0 Å². The molecule has 0 unspecified atom stereocenters. The Morgan fingerprint density at radius 3 is 2.85 bits per heavy atom. The van der Waals surface area contributed by atoms with Gasteiger partial charge in [-0.25, -0.2) is 4.98 Å². The van der Waals surface area contributed by atoms with E-state index in [0.717, 1.165) is 16.3 Å². The second-order valence-corrected chi connectivity index (χ2v) is 6.96. The summed E-state index contributed by atoms with van der Waals surface area (Å²) >= 11 is 1.25. The van der Waals surface area contributed by atoms with Gasteiger partial charge in [-0.2, -0.15) is 0 Å². The van der Waals surface area contributed by atoms with Crippen LogP contribution in [-0.2, 0) is 4.79 Å². The Balaban J connectivity index is 1.89. The second-order valence-electron chi connectivity index (χ2n) is 6.00. The van der Waals surface area contributed by atoms with Crippen LogP contribution in [0.2, 0.25) is 0 Å². The molecular formula is C20H15N3O2S. The normalized spacial score (nSPS) is 16.0. The number of thioether (sulfide) groups is 1. The SMILES string of the molecule is C#CCSc1nc2c(c(=O)[nH]1)[C@H](c1cccc3ccccc13)CC(=O)N2. The summed E-state index contributed by atoms with van der Waals surface area (Å²) in [4.78, 5) is 32.2. The van der Waals surface area contributed by atoms with Crippen molar-refractivity contribution >= 4 is 34.3 Å². The van der Waals surface area contributed by atoms with Crippen LogP contribution in [0.15, 0.2) is 52.4 Å². The zero-order valence-electron chi connectivity index (χ0n) is 13.8. The van der Waals surface area contributed by atoms with Gasteiger partial charge in [-0.3, -0.25) is 9.59 Å². The average Bonchev–Trinajstić information content (AvgIpc) is 2.65. The number of amides is 1. The first-order chi connectivity index (χ1) is 12.7. The van der Waals surface area contributed by atoms with Crippen molar-refractivity contribution in [3.05, 3.63) is 63.9 Å². The van der Waals surface area contributed by atoms with Crippen molar-refractivity contribution in [3.8, 4) is 12.3 Å². The molecule has 2 heterocycles. The predicted molar refractivity (Wildman–Crippen MR) is 103 cm³/mol. The Kier molecular flexibility index (Phi) is 4.23. The van der Waals surface area contributed by atoms with E-state index in [0.29, 0.717) is 22.3 Å². The first-order valence-electron chi connectivity index (χ1n) is 8.15. The Hall–Kier alpha value is -3.04. The molecule has 1 amide bonds. The highest BCUT2D eigenvalue weighted by Crippen LogP contribution is 2.37. The summed E-state index contributed by atoms with van der Waals surface area (Å²) in [5.74, 6) is 2.71. The topological polar surface area (TPSA) is 74.8 Å². The van der Waals surface area contributed by atoms with Gasteiger partial charge in [0.1, 0.15) is 5.82 Å². The molecule has 1 aliphatic heterocycles. The summed E-state index contributed by atoms with van der Waals surface area (Å²) in [5.41, 5.74) is 1.20. The minimum Gasteiger partial charge on any atom is -0.310 e. The molecule has 0 aliphatic carbocycles. The van der Waals surface area contributed by atoms with Crippen molar-refractivity contribution in [2.75, 3.05) is 11.1 Å². The molecule has 4 rings (SSSR count). The Labute approximate surface area is 154 Å². The van der Waals surface area contributed by atoms with Gasteiger partial charge in [-0.05, 0) is 16.3 Å². The third-order valence-corrected chi connectivity index (χ3v) is 5.20. The molecule has 0 saturated carbocycles. The van der Waals surface area contributed by atoms with Gasteiger partial charge >= 0.3 is 0 Å². The van der Waals surface area contributed by atoms with E-state index in [2.05, 4.69) is 21.2 Å². The zero-order valence-corrected chi connectivity index (χ0v) is 14.6. The highest BCUT2D eigenvalue weighted by atomic mass is 32.2. The number of aromatic nitrogens is 2. The first-order valence-corrected chi connectivity index (χ1v) is 9.14. The summed E-state index contributed by atoms with van der Waals surface area (Å²) in [6.45, 7) is 0. The maximum absolute atomic E-state index is 12.8. The number of anilines is 1. The molecule has 3 aromatic rings. The number of fused-ring (bicyclic) bond motifs is 2. The van der Waals surface area contributed by atoms with Crippen LogP contribution in [0, 0.1) is 12.3 Å². The van der Waals surface area contributed by atoms with E-state index >= 15 is 0 Å². The smallest absolute Gasteiger partial charge is 0.257 e. The number of terminal acetylenes is 1. The van der Waals surface area contributed by atoms with Gasteiger partial charge in [-0.1, -0.05) is 60.1 Å². The largest absolute Gasteiger partial charge is 0.310 e.